The highest BCUT2D eigenvalue weighted by Crippen LogP contribution is 2.36. The number of nitrogens with zero attached hydrogens (tertiary/aromatic N) is 2. The fourth-order valence-corrected chi connectivity index (χ4v) is 3.46. The highest BCUT2D eigenvalue weighted by Gasteiger charge is 2.34. The first-order valence-electron chi connectivity index (χ1n) is 9.64. The van der Waals surface area contributed by atoms with Crippen LogP contribution < -0.4 is 5.32 Å². The molecule has 3 rings (SSSR count). The van der Waals surface area contributed by atoms with Crippen LogP contribution in [0.1, 0.15) is 11.1 Å². The van der Waals surface area contributed by atoms with Crippen LogP contribution in [0.3, 0.4) is 0 Å². The van der Waals surface area contributed by atoms with Gasteiger partial charge in [-0.15, -0.1) is 0 Å². The Hall–Kier alpha value is -2.35. The highest BCUT2D eigenvalue weighted by atomic mass is 35.5. The Morgan fingerprint density at radius 1 is 1.03 bits per heavy atom. The second-order valence-electron chi connectivity index (χ2n) is 7.13. The van der Waals surface area contributed by atoms with Gasteiger partial charge in [0.15, 0.2) is 0 Å². The van der Waals surface area contributed by atoms with Gasteiger partial charge in [0.1, 0.15) is 0 Å². The lowest BCUT2D eigenvalue weighted by atomic mass is 10.1. The molecule has 2 aromatic carbocycles. The molecule has 0 bridgehead atoms. The molecule has 0 aliphatic carbocycles. The third kappa shape index (κ3) is 6.58. The number of anilines is 1. The number of amides is 1. The smallest absolute Gasteiger partial charge is 0.324 e. The molecule has 0 unspecified atom stereocenters. The van der Waals surface area contributed by atoms with Gasteiger partial charge in [0.05, 0.1) is 17.8 Å². The predicted octanol–water partition coefficient (Wildman–Crippen LogP) is 4.63. The van der Waals surface area contributed by atoms with Crippen LogP contribution in [0.2, 0.25) is 5.02 Å². The molecule has 1 aliphatic rings. The van der Waals surface area contributed by atoms with Gasteiger partial charge in [0.2, 0.25) is 5.91 Å². The molecule has 0 radical (unpaired) electrons. The van der Waals surface area contributed by atoms with Crippen molar-refractivity contribution in [1.29, 1.82) is 0 Å². The van der Waals surface area contributed by atoms with Crippen LogP contribution >= 0.6 is 11.6 Å². The largest absolute Gasteiger partial charge is 0.418 e. The molecular weight excluding hydrogens is 415 g/mol. The number of halogens is 4. The van der Waals surface area contributed by atoms with Crippen molar-refractivity contribution in [3.05, 3.63) is 70.8 Å². The minimum Gasteiger partial charge on any atom is -0.324 e. The van der Waals surface area contributed by atoms with Gasteiger partial charge in [-0.1, -0.05) is 54.1 Å². The number of hydrogen-bond acceptors (Lipinski definition) is 3. The van der Waals surface area contributed by atoms with Crippen molar-refractivity contribution < 1.29 is 18.0 Å². The number of carbonyl (C=O) groups is 1. The summed E-state index contributed by atoms with van der Waals surface area (Å²) in [6.07, 6.45) is -0.409. The van der Waals surface area contributed by atoms with Gasteiger partial charge < -0.3 is 5.32 Å². The molecule has 1 fully saturated rings. The molecule has 8 heteroatoms. The molecule has 1 heterocycles. The number of hydrogen-bond donors (Lipinski definition) is 1. The van der Waals surface area contributed by atoms with Crippen LogP contribution in [0.15, 0.2) is 54.6 Å². The standard InChI is InChI=1S/C22H23ClF3N3O/c23-18-8-9-20(19(15-18)22(24,25)26)27-21(30)16-29-13-11-28(12-14-29)10-4-7-17-5-2-1-3-6-17/h1-9,15H,10-14,16H2,(H,27,30)/b7-4+. The van der Waals surface area contributed by atoms with E-state index in [0.29, 0.717) is 13.1 Å². The molecule has 4 nitrogen and oxygen atoms in total. The molecule has 0 atom stereocenters. The molecule has 0 saturated carbocycles. The van der Waals surface area contributed by atoms with E-state index in [9.17, 15) is 18.0 Å². The molecular formula is C22H23ClF3N3O. The van der Waals surface area contributed by atoms with Crippen LogP contribution in [0.4, 0.5) is 18.9 Å². The Kier molecular flexibility index (Phi) is 7.53. The van der Waals surface area contributed by atoms with Crippen LogP contribution in [-0.4, -0.2) is 55.0 Å². The first-order valence-corrected chi connectivity index (χ1v) is 10.0. The van der Waals surface area contributed by atoms with Gasteiger partial charge in [-0.05, 0) is 23.8 Å². The van der Waals surface area contributed by atoms with Crippen molar-refractivity contribution in [2.24, 2.45) is 0 Å². The summed E-state index contributed by atoms with van der Waals surface area (Å²) in [6, 6.07) is 13.4. The second-order valence-corrected chi connectivity index (χ2v) is 7.56. The Morgan fingerprint density at radius 2 is 1.70 bits per heavy atom. The van der Waals surface area contributed by atoms with E-state index in [4.69, 9.17) is 11.6 Å². The third-order valence-electron chi connectivity index (χ3n) is 4.87. The van der Waals surface area contributed by atoms with Gasteiger partial charge in [0.25, 0.3) is 0 Å². The molecule has 1 saturated heterocycles. The lowest BCUT2D eigenvalue weighted by molar-refractivity contribution is -0.137. The molecule has 0 spiro atoms. The van der Waals surface area contributed by atoms with Crippen LogP contribution in [0, 0.1) is 0 Å². The third-order valence-corrected chi connectivity index (χ3v) is 5.10. The number of alkyl halides is 3. The zero-order valence-corrected chi connectivity index (χ0v) is 17.1. The zero-order chi connectivity index (χ0) is 21.6. The Balaban J connectivity index is 1.46. The van der Waals surface area contributed by atoms with Crippen LogP contribution in [0.5, 0.6) is 0 Å². The topological polar surface area (TPSA) is 35.6 Å². The van der Waals surface area contributed by atoms with Crippen LogP contribution in [-0.2, 0) is 11.0 Å². The first-order chi connectivity index (χ1) is 14.3. The molecule has 160 valence electrons. The number of benzene rings is 2. The zero-order valence-electron chi connectivity index (χ0n) is 16.3. The minimum absolute atomic E-state index is 0.0299. The van der Waals surface area contributed by atoms with E-state index in [1.54, 1.807) is 0 Å². The van der Waals surface area contributed by atoms with Crippen LogP contribution in [0.25, 0.3) is 6.08 Å². The van der Waals surface area contributed by atoms with E-state index >= 15 is 0 Å². The number of rotatable bonds is 6. The van der Waals surface area contributed by atoms with Gasteiger partial charge in [0, 0.05) is 37.7 Å². The van der Waals surface area contributed by atoms with Crippen molar-refractivity contribution in [1.82, 2.24) is 9.80 Å². The van der Waals surface area contributed by atoms with Gasteiger partial charge in [-0.3, -0.25) is 14.6 Å². The van der Waals surface area contributed by atoms with Crippen molar-refractivity contribution in [2.75, 3.05) is 44.6 Å². The number of nitrogens with one attached hydrogen (secondary N) is 1. The lowest BCUT2D eigenvalue weighted by Gasteiger charge is -2.33. The van der Waals surface area contributed by atoms with Gasteiger partial charge >= 0.3 is 6.18 Å². The molecule has 1 aliphatic heterocycles. The maximum atomic E-state index is 13.2. The van der Waals surface area contributed by atoms with E-state index in [1.807, 2.05) is 35.2 Å². The summed E-state index contributed by atoms with van der Waals surface area (Å²) < 4.78 is 39.5. The fourth-order valence-electron chi connectivity index (χ4n) is 3.28. The van der Waals surface area contributed by atoms with E-state index in [1.165, 1.54) is 12.1 Å². The molecule has 0 aromatic heterocycles. The first kappa shape index (κ1) is 22.3. The predicted molar refractivity (Wildman–Crippen MR) is 113 cm³/mol. The van der Waals surface area contributed by atoms with E-state index in [2.05, 4.69) is 22.4 Å². The summed E-state index contributed by atoms with van der Waals surface area (Å²) in [5, 5.41) is 2.34. The Morgan fingerprint density at radius 3 is 2.37 bits per heavy atom. The average Bonchev–Trinajstić information content (AvgIpc) is 2.71. The van der Waals surface area contributed by atoms with Crippen molar-refractivity contribution in [2.45, 2.75) is 6.18 Å². The number of carbonyl (C=O) groups excluding carboxylic acids is 1. The van der Waals surface area contributed by atoms with E-state index < -0.39 is 17.6 Å². The van der Waals surface area contributed by atoms with Crippen molar-refractivity contribution in [3.8, 4) is 0 Å². The number of piperazine rings is 1. The summed E-state index contributed by atoms with van der Waals surface area (Å²) in [5.74, 6) is -0.472. The summed E-state index contributed by atoms with van der Waals surface area (Å²) in [7, 11) is 0. The molecule has 2 aromatic rings. The molecule has 30 heavy (non-hydrogen) atoms. The van der Waals surface area contributed by atoms with E-state index in [0.717, 1.165) is 31.3 Å². The normalized spacial score (nSPS) is 16.1. The summed E-state index contributed by atoms with van der Waals surface area (Å²) in [5.41, 5.74) is -0.0757. The quantitative estimate of drug-likeness (QED) is 0.715. The van der Waals surface area contributed by atoms with Crippen molar-refractivity contribution >= 4 is 29.3 Å². The molecule has 1 N–H and O–H groups in total. The lowest BCUT2D eigenvalue weighted by Crippen LogP contribution is -2.48. The Bertz CT molecular complexity index is 879. The minimum atomic E-state index is -4.59. The SMILES string of the molecule is O=C(CN1CCN(C/C=C/c2ccccc2)CC1)Nc1ccc(Cl)cc1C(F)(F)F. The monoisotopic (exact) mass is 437 g/mol. The average molecular weight is 438 g/mol. The van der Waals surface area contributed by atoms with Gasteiger partial charge in [-0.25, -0.2) is 0 Å². The highest BCUT2D eigenvalue weighted by molar-refractivity contribution is 6.30. The fraction of sp³-hybridized carbons (Fsp3) is 0.318. The molecule has 1 amide bonds. The summed E-state index contributed by atoms with van der Waals surface area (Å²) in [6.45, 7) is 3.81. The second kappa shape index (κ2) is 10.1. The summed E-state index contributed by atoms with van der Waals surface area (Å²) >= 11 is 5.67. The van der Waals surface area contributed by atoms with Crippen molar-refractivity contribution in [3.63, 3.8) is 0 Å². The summed E-state index contributed by atoms with van der Waals surface area (Å²) in [4.78, 5) is 16.5. The van der Waals surface area contributed by atoms with Gasteiger partial charge in [-0.2, -0.15) is 13.2 Å². The van der Waals surface area contributed by atoms with E-state index in [-0.39, 0.29) is 17.3 Å². The maximum absolute atomic E-state index is 13.2. The maximum Gasteiger partial charge on any atom is 0.418 e. The Labute approximate surface area is 178 Å².